The largest absolute Gasteiger partial charge is 0.495 e. The van der Waals surface area contributed by atoms with Crippen LogP contribution < -0.4 is 10.1 Å². The second-order valence-electron chi connectivity index (χ2n) is 6.58. The fraction of sp³-hybridized carbons (Fsp3) is 0.300. The summed E-state index contributed by atoms with van der Waals surface area (Å²) in [7, 11) is 3.49. The monoisotopic (exact) mass is 370 g/mol. The van der Waals surface area contributed by atoms with Gasteiger partial charge in [0.25, 0.3) is 0 Å². The van der Waals surface area contributed by atoms with Crippen LogP contribution in [0.25, 0.3) is 11.0 Å². The average molecular weight is 370 g/mol. The number of aryl methyl sites for hydroxylation is 1. The molecule has 2 N–H and O–H groups in total. The molecule has 7 heteroatoms. The number of hydrogen-bond acceptors (Lipinski definition) is 4. The molecule has 1 aromatic heterocycles. The Morgan fingerprint density at radius 1 is 1.30 bits per heavy atom. The number of halogens is 1. The number of ether oxygens (including phenoxy) is 1. The highest BCUT2D eigenvalue weighted by Gasteiger charge is 2.11. The van der Waals surface area contributed by atoms with Gasteiger partial charge in [0.1, 0.15) is 17.4 Å². The molecule has 0 aliphatic rings. The highest BCUT2D eigenvalue weighted by molar-refractivity contribution is 5.92. The fourth-order valence-electron chi connectivity index (χ4n) is 2.87. The SMILES string of the molecule is COc1ccc(C)cc1NC(=O)CCN(C)Cc1nc2ccc(F)cc2[nH]1. The molecule has 1 amide bonds. The number of nitrogens with zero attached hydrogens (tertiary/aromatic N) is 2. The van der Waals surface area contributed by atoms with Gasteiger partial charge in [-0.05, 0) is 49.9 Å². The van der Waals surface area contributed by atoms with Crippen LogP contribution in [0.5, 0.6) is 5.75 Å². The first-order valence-electron chi connectivity index (χ1n) is 8.72. The van der Waals surface area contributed by atoms with E-state index >= 15 is 0 Å². The summed E-state index contributed by atoms with van der Waals surface area (Å²) in [5.41, 5.74) is 3.11. The third-order valence-electron chi connectivity index (χ3n) is 4.26. The van der Waals surface area contributed by atoms with E-state index in [1.54, 1.807) is 13.2 Å². The zero-order chi connectivity index (χ0) is 19.4. The second-order valence-corrected chi connectivity index (χ2v) is 6.58. The third kappa shape index (κ3) is 4.83. The van der Waals surface area contributed by atoms with Crippen molar-refractivity contribution in [3.8, 4) is 5.75 Å². The molecule has 0 saturated heterocycles. The lowest BCUT2D eigenvalue weighted by Gasteiger charge is -2.15. The second kappa shape index (κ2) is 8.18. The number of anilines is 1. The molecule has 142 valence electrons. The molecule has 0 bridgehead atoms. The van der Waals surface area contributed by atoms with Crippen molar-refractivity contribution in [3.63, 3.8) is 0 Å². The summed E-state index contributed by atoms with van der Waals surface area (Å²) in [5.74, 6) is 0.988. The van der Waals surface area contributed by atoms with Crippen molar-refractivity contribution in [1.29, 1.82) is 0 Å². The van der Waals surface area contributed by atoms with E-state index in [1.807, 2.05) is 37.1 Å². The van der Waals surface area contributed by atoms with Gasteiger partial charge in [0.2, 0.25) is 5.91 Å². The Balaban J connectivity index is 1.54. The summed E-state index contributed by atoms with van der Waals surface area (Å²) >= 11 is 0. The van der Waals surface area contributed by atoms with Crippen LogP contribution in [0, 0.1) is 12.7 Å². The van der Waals surface area contributed by atoms with Crippen molar-refractivity contribution in [2.45, 2.75) is 19.9 Å². The molecule has 27 heavy (non-hydrogen) atoms. The minimum absolute atomic E-state index is 0.0857. The Kier molecular flexibility index (Phi) is 5.71. The number of methoxy groups -OCH3 is 1. The van der Waals surface area contributed by atoms with Gasteiger partial charge in [0.05, 0.1) is 30.4 Å². The van der Waals surface area contributed by atoms with E-state index in [1.165, 1.54) is 12.1 Å². The predicted octanol–water partition coefficient (Wildman–Crippen LogP) is 3.48. The molecule has 0 saturated carbocycles. The molecular formula is C20H23FN4O2. The van der Waals surface area contributed by atoms with E-state index in [2.05, 4.69) is 15.3 Å². The first-order chi connectivity index (χ1) is 12.9. The van der Waals surface area contributed by atoms with Crippen molar-refractivity contribution in [2.24, 2.45) is 0 Å². The predicted molar refractivity (Wildman–Crippen MR) is 103 cm³/mol. The van der Waals surface area contributed by atoms with E-state index < -0.39 is 0 Å². The van der Waals surface area contributed by atoms with Crippen LogP contribution in [0.3, 0.4) is 0 Å². The van der Waals surface area contributed by atoms with Crippen molar-refractivity contribution >= 4 is 22.6 Å². The number of carbonyl (C=O) groups is 1. The topological polar surface area (TPSA) is 70.2 Å². The van der Waals surface area contributed by atoms with E-state index in [0.29, 0.717) is 36.5 Å². The van der Waals surface area contributed by atoms with Gasteiger partial charge in [-0.3, -0.25) is 9.69 Å². The van der Waals surface area contributed by atoms with Crippen LogP contribution in [0.15, 0.2) is 36.4 Å². The van der Waals surface area contributed by atoms with E-state index in [9.17, 15) is 9.18 Å². The van der Waals surface area contributed by atoms with Crippen molar-refractivity contribution < 1.29 is 13.9 Å². The molecule has 3 aromatic rings. The Hall–Kier alpha value is -2.93. The summed E-state index contributed by atoms with van der Waals surface area (Å²) in [5, 5.41) is 2.89. The van der Waals surface area contributed by atoms with Crippen LogP contribution >= 0.6 is 0 Å². The maximum Gasteiger partial charge on any atom is 0.225 e. The lowest BCUT2D eigenvalue weighted by atomic mass is 10.2. The number of hydrogen-bond donors (Lipinski definition) is 2. The summed E-state index contributed by atoms with van der Waals surface area (Å²) in [6.45, 7) is 3.06. The zero-order valence-electron chi connectivity index (χ0n) is 15.7. The Bertz CT molecular complexity index is 954. The van der Waals surface area contributed by atoms with Crippen LogP contribution in [-0.4, -0.2) is 41.5 Å². The molecule has 0 unspecified atom stereocenters. The van der Waals surface area contributed by atoms with Crippen LogP contribution in [0.4, 0.5) is 10.1 Å². The molecule has 6 nitrogen and oxygen atoms in total. The molecule has 0 aliphatic heterocycles. The standard InChI is InChI=1S/C20H23FN4O2/c1-13-4-7-18(27-3)17(10-13)24-20(26)8-9-25(2)12-19-22-15-6-5-14(21)11-16(15)23-19/h4-7,10-11H,8-9,12H2,1-3H3,(H,22,23)(H,24,26). The molecule has 0 spiro atoms. The van der Waals surface area contributed by atoms with Gasteiger partial charge in [-0.15, -0.1) is 0 Å². The quantitative estimate of drug-likeness (QED) is 0.668. The number of amides is 1. The Morgan fingerprint density at radius 3 is 2.89 bits per heavy atom. The first kappa shape index (κ1) is 18.8. The van der Waals surface area contributed by atoms with E-state index in [-0.39, 0.29) is 11.7 Å². The number of H-pyrrole nitrogens is 1. The third-order valence-corrected chi connectivity index (χ3v) is 4.26. The molecule has 3 rings (SSSR count). The minimum Gasteiger partial charge on any atom is -0.495 e. The zero-order valence-corrected chi connectivity index (χ0v) is 15.7. The van der Waals surface area contributed by atoms with Gasteiger partial charge in [-0.25, -0.2) is 9.37 Å². The smallest absolute Gasteiger partial charge is 0.225 e. The Morgan fingerprint density at radius 2 is 2.11 bits per heavy atom. The van der Waals surface area contributed by atoms with Gasteiger partial charge in [0, 0.05) is 13.0 Å². The van der Waals surface area contributed by atoms with Gasteiger partial charge in [0.15, 0.2) is 0 Å². The average Bonchev–Trinajstić information content (AvgIpc) is 3.01. The van der Waals surface area contributed by atoms with Crippen molar-refractivity contribution in [3.05, 3.63) is 53.6 Å². The summed E-state index contributed by atoms with van der Waals surface area (Å²) in [6, 6.07) is 10.1. The molecule has 2 aromatic carbocycles. The summed E-state index contributed by atoms with van der Waals surface area (Å²) in [4.78, 5) is 21.8. The number of rotatable bonds is 7. The van der Waals surface area contributed by atoms with Gasteiger partial charge >= 0.3 is 0 Å². The number of nitrogens with one attached hydrogen (secondary N) is 2. The van der Waals surface area contributed by atoms with Crippen LogP contribution in [-0.2, 0) is 11.3 Å². The normalized spacial score (nSPS) is 11.1. The Labute approximate surface area is 157 Å². The highest BCUT2D eigenvalue weighted by Crippen LogP contribution is 2.25. The number of aromatic nitrogens is 2. The number of benzene rings is 2. The number of imidazole rings is 1. The van der Waals surface area contributed by atoms with E-state index in [0.717, 1.165) is 16.9 Å². The molecular weight excluding hydrogens is 347 g/mol. The molecule has 1 heterocycles. The fourth-order valence-corrected chi connectivity index (χ4v) is 2.87. The minimum atomic E-state index is -0.297. The first-order valence-corrected chi connectivity index (χ1v) is 8.72. The summed E-state index contributed by atoms with van der Waals surface area (Å²) in [6.07, 6.45) is 0.336. The van der Waals surface area contributed by atoms with Gasteiger partial charge in [-0.2, -0.15) is 0 Å². The van der Waals surface area contributed by atoms with Crippen LogP contribution in [0.2, 0.25) is 0 Å². The number of aromatic amines is 1. The molecule has 0 radical (unpaired) electrons. The molecule has 0 aliphatic carbocycles. The van der Waals surface area contributed by atoms with Crippen molar-refractivity contribution in [2.75, 3.05) is 26.0 Å². The highest BCUT2D eigenvalue weighted by atomic mass is 19.1. The summed E-state index contributed by atoms with van der Waals surface area (Å²) < 4.78 is 18.5. The number of fused-ring (bicyclic) bond motifs is 1. The molecule has 0 atom stereocenters. The lowest BCUT2D eigenvalue weighted by Crippen LogP contribution is -2.24. The van der Waals surface area contributed by atoms with Crippen molar-refractivity contribution in [1.82, 2.24) is 14.9 Å². The maximum absolute atomic E-state index is 13.3. The lowest BCUT2D eigenvalue weighted by molar-refractivity contribution is -0.116. The van der Waals surface area contributed by atoms with E-state index in [4.69, 9.17) is 4.74 Å². The maximum atomic E-state index is 13.3. The van der Waals surface area contributed by atoms with Crippen LogP contribution in [0.1, 0.15) is 17.8 Å². The number of carbonyl (C=O) groups excluding carboxylic acids is 1. The molecule has 0 fully saturated rings. The van der Waals surface area contributed by atoms with Gasteiger partial charge in [-0.1, -0.05) is 6.07 Å². The van der Waals surface area contributed by atoms with Gasteiger partial charge < -0.3 is 15.0 Å².